The number of nitro benzene ring substituents is 2. The highest BCUT2D eigenvalue weighted by Gasteiger charge is 2.64. The fraction of sp³-hybridized carbons (Fsp3) is 0.350. The molecule has 0 saturated carbocycles. The molecule has 11 nitrogen and oxygen atoms in total. The van der Waals surface area contributed by atoms with Crippen molar-refractivity contribution in [3.63, 3.8) is 0 Å². The van der Waals surface area contributed by atoms with Crippen molar-refractivity contribution in [3.8, 4) is 11.5 Å². The van der Waals surface area contributed by atoms with Crippen LogP contribution in [0.15, 0.2) is 36.4 Å². The Bertz CT molecular complexity index is 1060. The van der Waals surface area contributed by atoms with E-state index in [0.717, 1.165) is 0 Å². The van der Waals surface area contributed by atoms with Gasteiger partial charge in [0, 0.05) is 38.3 Å². The second kappa shape index (κ2) is 6.22. The topological polar surface area (TPSA) is 150 Å². The number of carbonyl (C=O) groups excluding carboxylic acids is 1. The lowest BCUT2D eigenvalue weighted by atomic mass is 9.56. The zero-order valence-corrected chi connectivity index (χ0v) is 16.2. The lowest BCUT2D eigenvalue weighted by Crippen LogP contribution is -2.79. The molecule has 2 N–H and O–H groups in total. The van der Waals surface area contributed by atoms with Gasteiger partial charge in [0.25, 0.3) is 0 Å². The molecule has 0 amide bonds. The number of rotatable bonds is 4. The van der Waals surface area contributed by atoms with E-state index in [0.29, 0.717) is 44.0 Å². The van der Waals surface area contributed by atoms with E-state index in [4.69, 9.17) is 0 Å². The molecule has 6 rings (SSSR count). The first-order chi connectivity index (χ1) is 14.7. The monoisotopic (exact) mass is 426 g/mol. The predicted octanol–water partition coefficient (Wildman–Crippen LogP) is 1.26. The number of phenols is 2. The molecule has 0 atom stereocenters. The van der Waals surface area contributed by atoms with E-state index in [9.17, 15) is 35.2 Å². The third-order valence-corrected chi connectivity index (χ3v) is 6.69. The number of aromatic hydroxyl groups is 2. The molecule has 2 aromatic rings. The van der Waals surface area contributed by atoms with E-state index in [1.807, 2.05) is 0 Å². The summed E-state index contributed by atoms with van der Waals surface area (Å²) in [5.74, 6) is -1.11. The molecule has 0 radical (unpaired) electrons. The number of hydrogen-bond acceptors (Lipinski definition) is 9. The van der Waals surface area contributed by atoms with E-state index in [1.165, 1.54) is 36.4 Å². The first-order valence-corrected chi connectivity index (χ1v) is 9.62. The molecule has 4 heterocycles. The number of piperidine rings is 2. The van der Waals surface area contributed by atoms with Gasteiger partial charge in [0.15, 0.2) is 17.3 Å². The van der Waals surface area contributed by atoms with Crippen molar-refractivity contribution < 1.29 is 24.9 Å². The number of phenolic OH excluding ortho intramolecular Hbond substituents is 2. The van der Waals surface area contributed by atoms with Crippen LogP contribution >= 0.6 is 0 Å². The smallest absolute Gasteiger partial charge is 0.311 e. The van der Waals surface area contributed by atoms with Gasteiger partial charge in [0.1, 0.15) is 0 Å². The van der Waals surface area contributed by atoms with Crippen LogP contribution in [0, 0.1) is 20.2 Å². The summed E-state index contributed by atoms with van der Waals surface area (Å²) in [6.07, 6.45) is 0. The van der Waals surface area contributed by atoms with Crippen molar-refractivity contribution in [3.05, 3.63) is 67.8 Å². The number of benzene rings is 2. The van der Waals surface area contributed by atoms with Gasteiger partial charge in [-0.05, 0) is 23.3 Å². The minimum atomic E-state index is -1.07. The summed E-state index contributed by atoms with van der Waals surface area (Å²) in [5.41, 5.74) is -2.21. The van der Waals surface area contributed by atoms with Crippen LogP contribution in [0.3, 0.4) is 0 Å². The highest BCUT2D eigenvalue weighted by molar-refractivity contribution is 6.02. The molecule has 11 heteroatoms. The second-order valence-corrected chi connectivity index (χ2v) is 8.53. The standard InChI is InChI=1S/C20H18N4O7/c25-16-3-1-12(5-14(16)23(28)29)19-7-21-9-20(18(19)27,10-22(8-19)11-21)13-2-4-17(26)15(6-13)24(30)31/h1-6,25-26H,7-11H2/t19-,20-. The first-order valence-electron chi connectivity index (χ1n) is 9.62. The van der Waals surface area contributed by atoms with Crippen molar-refractivity contribution in [1.29, 1.82) is 0 Å². The highest BCUT2D eigenvalue weighted by Crippen LogP contribution is 2.50. The minimum Gasteiger partial charge on any atom is -0.502 e. The van der Waals surface area contributed by atoms with Gasteiger partial charge in [-0.2, -0.15) is 0 Å². The van der Waals surface area contributed by atoms with E-state index in [2.05, 4.69) is 9.80 Å². The summed E-state index contributed by atoms with van der Waals surface area (Å²) in [4.78, 5) is 39.5. The summed E-state index contributed by atoms with van der Waals surface area (Å²) in [5, 5.41) is 42.4. The molecular formula is C20H18N4O7. The predicted molar refractivity (Wildman–Crippen MR) is 106 cm³/mol. The second-order valence-electron chi connectivity index (χ2n) is 8.53. The number of Topliss-reactive ketones (excluding diaryl/α,β-unsaturated/α-hetero) is 1. The Kier molecular flexibility index (Phi) is 3.89. The van der Waals surface area contributed by atoms with Crippen molar-refractivity contribution in [2.24, 2.45) is 0 Å². The van der Waals surface area contributed by atoms with Crippen molar-refractivity contribution in [2.75, 3.05) is 32.8 Å². The molecule has 4 aliphatic rings. The summed E-state index contributed by atoms with van der Waals surface area (Å²) in [6, 6.07) is 8.00. The number of nitro groups is 2. The van der Waals surface area contributed by atoms with E-state index >= 15 is 0 Å². The molecule has 31 heavy (non-hydrogen) atoms. The largest absolute Gasteiger partial charge is 0.502 e. The molecule has 4 saturated heterocycles. The summed E-state index contributed by atoms with van der Waals surface area (Å²) in [6.45, 7) is 2.09. The van der Waals surface area contributed by atoms with E-state index in [1.54, 1.807) is 0 Å². The van der Waals surface area contributed by atoms with Crippen LogP contribution in [0.2, 0.25) is 0 Å². The first kappa shape index (κ1) is 19.4. The Morgan fingerprint density at radius 2 is 1.16 bits per heavy atom. The number of hydrogen-bond donors (Lipinski definition) is 2. The maximum absolute atomic E-state index is 14.0. The molecule has 0 aromatic heterocycles. The maximum atomic E-state index is 14.0. The van der Waals surface area contributed by atoms with Crippen LogP contribution < -0.4 is 0 Å². The third kappa shape index (κ3) is 2.56. The normalized spacial score (nSPS) is 31.0. The van der Waals surface area contributed by atoms with Crippen LogP contribution in [0.4, 0.5) is 11.4 Å². The molecule has 4 bridgehead atoms. The van der Waals surface area contributed by atoms with Crippen molar-refractivity contribution in [1.82, 2.24) is 9.80 Å². The van der Waals surface area contributed by atoms with Crippen molar-refractivity contribution in [2.45, 2.75) is 10.8 Å². The molecular weight excluding hydrogens is 408 g/mol. The van der Waals surface area contributed by atoms with Gasteiger partial charge >= 0.3 is 11.4 Å². The fourth-order valence-electron chi connectivity index (χ4n) is 5.53. The highest BCUT2D eigenvalue weighted by atomic mass is 16.6. The molecule has 4 fully saturated rings. The van der Waals surface area contributed by atoms with Gasteiger partial charge in [-0.3, -0.25) is 34.8 Å². The van der Waals surface area contributed by atoms with Gasteiger partial charge in [-0.15, -0.1) is 0 Å². The Balaban J connectivity index is 1.68. The van der Waals surface area contributed by atoms with Crippen LogP contribution in [-0.4, -0.2) is 68.5 Å². The molecule has 0 aliphatic carbocycles. The SMILES string of the molecule is O=C1[C@]2(c3ccc(O)c([N+](=O)[O-])c3)C[N@]3C[N@@](C[C@@]1(c1ccc(O)c([N+](=O)[O-])c1)C3)C2. The molecule has 4 aliphatic heterocycles. The van der Waals surface area contributed by atoms with Gasteiger partial charge in [0.05, 0.1) is 27.3 Å². The number of carbonyl (C=O) groups is 1. The van der Waals surface area contributed by atoms with Crippen LogP contribution in [0.1, 0.15) is 11.1 Å². The quantitative estimate of drug-likeness (QED) is 0.544. The lowest BCUT2D eigenvalue weighted by molar-refractivity contribution is -0.386. The Morgan fingerprint density at radius 1 is 0.774 bits per heavy atom. The average molecular weight is 426 g/mol. The number of ketones is 1. The molecule has 160 valence electrons. The van der Waals surface area contributed by atoms with Crippen LogP contribution in [-0.2, 0) is 15.6 Å². The van der Waals surface area contributed by atoms with Gasteiger partial charge in [-0.25, -0.2) is 0 Å². The summed E-state index contributed by atoms with van der Waals surface area (Å²) >= 11 is 0. The zero-order chi connectivity index (χ0) is 22.1. The fourth-order valence-corrected chi connectivity index (χ4v) is 5.53. The van der Waals surface area contributed by atoms with E-state index < -0.39 is 43.6 Å². The lowest BCUT2D eigenvalue weighted by Gasteiger charge is -2.63. The third-order valence-electron chi connectivity index (χ3n) is 6.69. The van der Waals surface area contributed by atoms with Crippen LogP contribution in [0.25, 0.3) is 0 Å². The van der Waals surface area contributed by atoms with Crippen molar-refractivity contribution >= 4 is 17.2 Å². The Labute approximate surface area is 175 Å². The summed E-state index contributed by atoms with van der Waals surface area (Å²) in [7, 11) is 0. The molecule has 2 aromatic carbocycles. The number of nitrogens with zero attached hydrogens (tertiary/aromatic N) is 4. The summed E-state index contributed by atoms with van der Waals surface area (Å²) < 4.78 is 0. The van der Waals surface area contributed by atoms with Gasteiger partial charge < -0.3 is 10.2 Å². The van der Waals surface area contributed by atoms with Crippen LogP contribution in [0.5, 0.6) is 11.5 Å². The molecule has 0 unspecified atom stereocenters. The molecule has 0 spiro atoms. The van der Waals surface area contributed by atoms with Gasteiger partial charge in [-0.1, -0.05) is 12.1 Å². The van der Waals surface area contributed by atoms with Gasteiger partial charge in [0.2, 0.25) is 0 Å². The maximum Gasteiger partial charge on any atom is 0.311 e. The zero-order valence-electron chi connectivity index (χ0n) is 16.2. The minimum absolute atomic E-state index is 0.160. The average Bonchev–Trinajstić information content (AvgIpc) is 2.71. The van der Waals surface area contributed by atoms with E-state index in [-0.39, 0.29) is 5.78 Å². The Morgan fingerprint density at radius 3 is 1.52 bits per heavy atom. The Hall–Kier alpha value is -3.57.